The Balaban J connectivity index is 1.74. The predicted octanol–water partition coefficient (Wildman–Crippen LogP) is 2.45. The lowest BCUT2D eigenvalue weighted by molar-refractivity contribution is 0.0954. The van der Waals surface area contributed by atoms with E-state index in [4.69, 9.17) is 9.47 Å². The molecular weight excluding hydrogens is 226 g/mol. The van der Waals surface area contributed by atoms with E-state index in [0.29, 0.717) is 12.1 Å². The van der Waals surface area contributed by atoms with Gasteiger partial charge in [-0.25, -0.2) is 0 Å². The first-order valence-corrected chi connectivity index (χ1v) is 6.91. The highest BCUT2D eigenvalue weighted by Crippen LogP contribution is 2.31. The first-order chi connectivity index (χ1) is 8.86. The molecule has 0 radical (unpaired) electrons. The van der Waals surface area contributed by atoms with Crippen molar-refractivity contribution in [2.45, 2.75) is 37.8 Å². The van der Waals surface area contributed by atoms with Gasteiger partial charge >= 0.3 is 0 Å². The summed E-state index contributed by atoms with van der Waals surface area (Å²) in [5.41, 5.74) is 2.71. The Labute approximate surface area is 108 Å². The van der Waals surface area contributed by atoms with Gasteiger partial charge in [0.15, 0.2) is 0 Å². The lowest BCUT2D eigenvalue weighted by atomic mass is 9.97. The molecule has 1 aromatic carbocycles. The van der Waals surface area contributed by atoms with Crippen LogP contribution in [0.5, 0.6) is 5.75 Å². The van der Waals surface area contributed by atoms with Gasteiger partial charge in [-0.1, -0.05) is 12.1 Å². The highest BCUT2D eigenvalue weighted by Gasteiger charge is 2.22. The van der Waals surface area contributed by atoms with Gasteiger partial charge in [0.05, 0.1) is 12.7 Å². The molecule has 0 aliphatic carbocycles. The predicted molar refractivity (Wildman–Crippen MR) is 71.0 cm³/mol. The molecule has 0 bridgehead atoms. The van der Waals surface area contributed by atoms with Gasteiger partial charge in [0.2, 0.25) is 0 Å². The molecule has 1 N–H and O–H groups in total. The Morgan fingerprint density at radius 3 is 3.11 bits per heavy atom. The SMILES string of the molecule is CNC(CC1CCCO1)c1ccc2c(c1)CCO2. The molecule has 98 valence electrons. The molecule has 1 saturated heterocycles. The first-order valence-electron chi connectivity index (χ1n) is 6.91. The minimum atomic E-state index is 0.388. The first kappa shape index (κ1) is 12.0. The molecule has 0 saturated carbocycles. The molecular formula is C15H21NO2. The molecule has 2 atom stereocenters. The van der Waals surface area contributed by atoms with Crippen molar-refractivity contribution in [3.8, 4) is 5.75 Å². The van der Waals surface area contributed by atoms with Crippen LogP contribution in [0.4, 0.5) is 0 Å². The zero-order valence-electron chi connectivity index (χ0n) is 10.9. The molecule has 3 nitrogen and oxygen atoms in total. The second-order valence-corrected chi connectivity index (χ2v) is 5.18. The normalized spacial score (nSPS) is 23.7. The summed E-state index contributed by atoms with van der Waals surface area (Å²) in [6.07, 6.45) is 4.94. The molecule has 0 amide bonds. The molecule has 3 rings (SSSR count). The number of rotatable bonds is 4. The summed E-state index contributed by atoms with van der Waals surface area (Å²) < 4.78 is 11.3. The zero-order valence-corrected chi connectivity index (χ0v) is 10.9. The van der Waals surface area contributed by atoms with Crippen LogP contribution in [0.25, 0.3) is 0 Å². The van der Waals surface area contributed by atoms with Crippen molar-refractivity contribution in [3.63, 3.8) is 0 Å². The van der Waals surface area contributed by atoms with Crippen LogP contribution in [0.15, 0.2) is 18.2 Å². The third-order valence-corrected chi connectivity index (χ3v) is 3.99. The smallest absolute Gasteiger partial charge is 0.122 e. The summed E-state index contributed by atoms with van der Waals surface area (Å²) in [7, 11) is 2.03. The monoisotopic (exact) mass is 247 g/mol. The van der Waals surface area contributed by atoms with Crippen molar-refractivity contribution in [1.82, 2.24) is 5.32 Å². The Hall–Kier alpha value is -1.06. The van der Waals surface area contributed by atoms with E-state index >= 15 is 0 Å². The number of fused-ring (bicyclic) bond motifs is 1. The molecule has 3 heteroatoms. The average molecular weight is 247 g/mol. The largest absolute Gasteiger partial charge is 0.493 e. The Morgan fingerprint density at radius 2 is 2.33 bits per heavy atom. The summed E-state index contributed by atoms with van der Waals surface area (Å²) in [6, 6.07) is 6.97. The lowest BCUT2D eigenvalue weighted by Crippen LogP contribution is -2.22. The number of hydrogen-bond donors (Lipinski definition) is 1. The van der Waals surface area contributed by atoms with Crippen LogP contribution in [0.1, 0.15) is 36.4 Å². The van der Waals surface area contributed by atoms with E-state index in [1.54, 1.807) is 0 Å². The van der Waals surface area contributed by atoms with Crippen molar-refractivity contribution >= 4 is 0 Å². The topological polar surface area (TPSA) is 30.5 Å². The highest BCUT2D eigenvalue weighted by atomic mass is 16.5. The van der Waals surface area contributed by atoms with E-state index in [1.807, 2.05) is 7.05 Å². The molecule has 2 heterocycles. The second-order valence-electron chi connectivity index (χ2n) is 5.18. The summed E-state index contributed by atoms with van der Waals surface area (Å²) in [4.78, 5) is 0. The third-order valence-electron chi connectivity index (χ3n) is 3.99. The fourth-order valence-electron chi connectivity index (χ4n) is 2.94. The standard InChI is InChI=1S/C15H21NO2/c1-16-14(10-13-3-2-7-17-13)11-4-5-15-12(9-11)6-8-18-15/h4-5,9,13-14,16H,2-3,6-8,10H2,1H3. The molecule has 0 spiro atoms. The van der Waals surface area contributed by atoms with Crippen LogP contribution in [-0.4, -0.2) is 26.4 Å². The van der Waals surface area contributed by atoms with Crippen LogP contribution in [0, 0.1) is 0 Å². The highest BCUT2D eigenvalue weighted by molar-refractivity contribution is 5.40. The number of nitrogens with one attached hydrogen (secondary N) is 1. The molecule has 2 aliphatic heterocycles. The van der Waals surface area contributed by atoms with Crippen molar-refractivity contribution in [3.05, 3.63) is 29.3 Å². The third kappa shape index (κ3) is 2.38. The van der Waals surface area contributed by atoms with Crippen LogP contribution in [0.3, 0.4) is 0 Å². The van der Waals surface area contributed by atoms with E-state index in [2.05, 4.69) is 23.5 Å². The van der Waals surface area contributed by atoms with E-state index < -0.39 is 0 Å². The number of hydrogen-bond acceptors (Lipinski definition) is 3. The fourth-order valence-corrected chi connectivity index (χ4v) is 2.94. The van der Waals surface area contributed by atoms with Gasteiger partial charge in [-0.15, -0.1) is 0 Å². The van der Waals surface area contributed by atoms with Gasteiger partial charge in [0, 0.05) is 19.1 Å². The van der Waals surface area contributed by atoms with Crippen LogP contribution in [0.2, 0.25) is 0 Å². The van der Waals surface area contributed by atoms with Gasteiger partial charge in [-0.2, -0.15) is 0 Å². The molecule has 18 heavy (non-hydrogen) atoms. The summed E-state index contributed by atoms with van der Waals surface area (Å²) >= 11 is 0. The van der Waals surface area contributed by atoms with E-state index in [9.17, 15) is 0 Å². The summed E-state index contributed by atoms with van der Waals surface area (Å²) in [5, 5.41) is 3.42. The number of ether oxygens (including phenoxy) is 2. The van der Waals surface area contributed by atoms with Gasteiger partial charge in [0.1, 0.15) is 5.75 Å². The van der Waals surface area contributed by atoms with Crippen LogP contribution in [-0.2, 0) is 11.2 Å². The maximum atomic E-state index is 5.73. The van der Waals surface area contributed by atoms with E-state index in [1.165, 1.54) is 24.0 Å². The molecule has 1 aromatic rings. The van der Waals surface area contributed by atoms with Crippen LogP contribution >= 0.6 is 0 Å². The quantitative estimate of drug-likeness (QED) is 0.886. The van der Waals surface area contributed by atoms with E-state index in [-0.39, 0.29) is 0 Å². The van der Waals surface area contributed by atoms with Gasteiger partial charge < -0.3 is 14.8 Å². The minimum Gasteiger partial charge on any atom is -0.493 e. The van der Waals surface area contributed by atoms with Crippen molar-refractivity contribution in [2.75, 3.05) is 20.3 Å². The average Bonchev–Trinajstić information content (AvgIpc) is 3.06. The van der Waals surface area contributed by atoms with Gasteiger partial charge in [0.25, 0.3) is 0 Å². The maximum Gasteiger partial charge on any atom is 0.122 e. The lowest BCUT2D eigenvalue weighted by Gasteiger charge is -2.20. The summed E-state index contributed by atoms with van der Waals surface area (Å²) in [5.74, 6) is 1.06. The Kier molecular flexibility index (Phi) is 3.52. The van der Waals surface area contributed by atoms with Crippen LogP contribution < -0.4 is 10.1 Å². The number of benzene rings is 1. The van der Waals surface area contributed by atoms with E-state index in [0.717, 1.165) is 31.8 Å². The Morgan fingerprint density at radius 1 is 1.39 bits per heavy atom. The summed E-state index contributed by atoms with van der Waals surface area (Å²) in [6.45, 7) is 1.76. The molecule has 2 unspecified atom stereocenters. The second kappa shape index (κ2) is 5.29. The molecule has 2 aliphatic rings. The van der Waals surface area contributed by atoms with Crippen molar-refractivity contribution < 1.29 is 9.47 Å². The van der Waals surface area contributed by atoms with Gasteiger partial charge in [-0.3, -0.25) is 0 Å². The molecule has 0 aromatic heterocycles. The fraction of sp³-hybridized carbons (Fsp3) is 0.600. The Bertz CT molecular complexity index is 413. The minimum absolute atomic E-state index is 0.388. The maximum absolute atomic E-state index is 5.73. The zero-order chi connectivity index (χ0) is 12.4. The van der Waals surface area contributed by atoms with Crippen molar-refractivity contribution in [1.29, 1.82) is 0 Å². The molecule has 1 fully saturated rings. The van der Waals surface area contributed by atoms with Crippen molar-refractivity contribution in [2.24, 2.45) is 0 Å². The van der Waals surface area contributed by atoms with Gasteiger partial charge in [-0.05, 0) is 43.5 Å².